The number of nitrogens with two attached hydrogens (primary N) is 1. The molecule has 0 spiro atoms. The number of ether oxygens (including phenoxy) is 2. The number of rotatable bonds is 7. The maximum Gasteiger partial charge on any atom is 0.435 e. The van der Waals surface area contributed by atoms with E-state index in [2.05, 4.69) is 11.7 Å². The van der Waals surface area contributed by atoms with Crippen LogP contribution < -0.4 is 19.6 Å². The minimum atomic E-state index is -4.92. The summed E-state index contributed by atoms with van der Waals surface area (Å²) in [4.78, 5) is 12.6. The zero-order valence-electron chi connectivity index (χ0n) is 17.2. The van der Waals surface area contributed by atoms with Gasteiger partial charge in [0.25, 0.3) is 5.91 Å². The molecule has 0 unspecified atom stereocenters. The van der Waals surface area contributed by atoms with Crippen LogP contribution in [0.25, 0.3) is 6.08 Å². The summed E-state index contributed by atoms with van der Waals surface area (Å²) in [6, 6.07) is 8.75. The standard InChI is InChI=1S/C21H18F3N3O5S/c1-3-10-32-17-9-4-13(12-18(17)31-2)11-16-19(21(22,23)24)26-27(20(16)28)14-5-7-15(8-6-14)33(25,29)30/h3-9,11-12H,1,10H2,2H3,(H2,25,29,30)/b16-11-. The topological polar surface area (TPSA) is 111 Å². The molecule has 1 aliphatic rings. The molecule has 3 rings (SSSR count). The number of primary sulfonamides is 1. The fourth-order valence-corrected chi connectivity index (χ4v) is 3.43. The number of alkyl halides is 3. The molecule has 1 heterocycles. The van der Waals surface area contributed by atoms with Crippen LogP contribution in [-0.4, -0.2) is 39.9 Å². The van der Waals surface area contributed by atoms with E-state index in [-0.39, 0.29) is 28.5 Å². The van der Waals surface area contributed by atoms with Crippen LogP contribution in [0.2, 0.25) is 0 Å². The van der Waals surface area contributed by atoms with Crippen molar-refractivity contribution in [1.82, 2.24) is 0 Å². The Morgan fingerprint density at radius 2 is 1.82 bits per heavy atom. The lowest BCUT2D eigenvalue weighted by molar-refractivity contribution is -0.114. The molecule has 0 atom stereocenters. The molecule has 8 nitrogen and oxygen atoms in total. The van der Waals surface area contributed by atoms with E-state index in [0.29, 0.717) is 10.8 Å². The molecule has 2 aromatic rings. The van der Waals surface area contributed by atoms with E-state index in [4.69, 9.17) is 14.6 Å². The number of nitrogens with zero attached hydrogens (tertiary/aromatic N) is 2. The third-order valence-corrected chi connectivity index (χ3v) is 5.34. The van der Waals surface area contributed by atoms with E-state index in [1.165, 1.54) is 31.4 Å². The highest BCUT2D eigenvalue weighted by Gasteiger charge is 2.46. The number of benzene rings is 2. The van der Waals surface area contributed by atoms with Crippen LogP contribution in [0.4, 0.5) is 18.9 Å². The predicted octanol–water partition coefficient (Wildman–Crippen LogP) is 3.26. The van der Waals surface area contributed by atoms with E-state index in [1.807, 2.05) is 0 Å². The Morgan fingerprint density at radius 3 is 2.36 bits per heavy atom. The molecule has 0 aliphatic carbocycles. The zero-order chi connectivity index (χ0) is 24.4. The van der Waals surface area contributed by atoms with Gasteiger partial charge in [-0.2, -0.15) is 23.3 Å². The zero-order valence-corrected chi connectivity index (χ0v) is 18.0. The Hall–Kier alpha value is -3.64. The summed E-state index contributed by atoms with van der Waals surface area (Å²) < 4.78 is 74.3. The van der Waals surface area contributed by atoms with Crippen molar-refractivity contribution in [3.8, 4) is 11.5 Å². The van der Waals surface area contributed by atoms with E-state index in [0.717, 1.165) is 30.3 Å². The summed E-state index contributed by atoms with van der Waals surface area (Å²) >= 11 is 0. The van der Waals surface area contributed by atoms with E-state index in [9.17, 15) is 26.4 Å². The maximum atomic E-state index is 13.6. The molecule has 1 aliphatic heterocycles. The van der Waals surface area contributed by atoms with Gasteiger partial charge in [0, 0.05) is 0 Å². The second-order valence-electron chi connectivity index (χ2n) is 6.67. The average molecular weight is 481 g/mol. The summed E-state index contributed by atoms with van der Waals surface area (Å²) in [6.45, 7) is 3.73. The van der Waals surface area contributed by atoms with Crippen LogP contribution >= 0.6 is 0 Å². The first-order chi connectivity index (χ1) is 15.5. The van der Waals surface area contributed by atoms with E-state index < -0.39 is 33.4 Å². The van der Waals surface area contributed by atoms with Crippen molar-refractivity contribution < 1.29 is 35.9 Å². The smallest absolute Gasteiger partial charge is 0.435 e. The predicted molar refractivity (Wildman–Crippen MR) is 115 cm³/mol. The first-order valence-electron chi connectivity index (χ1n) is 9.22. The molecule has 0 bridgehead atoms. The molecule has 2 N–H and O–H groups in total. The number of hydrazone groups is 1. The van der Waals surface area contributed by atoms with Crippen LogP contribution in [-0.2, 0) is 14.8 Å². The number of carbonyl (C=O) groups is 1. The minimum absolute atomic E-state index is 0.0664. The molecule has 12 heteroatoms. The van der Waals surface area contributed by atoms with Gasteiger partial charge in [0.05, 0.1) is 23.3 Å². The second-order valence-corrected chi connectivity index (χ2v) is 8.23. The molecule has 1 amide bonds. The van der Waals surface area contributed by atoms with Crippen molar-refractivity contribution in [1.29, 1.82) is 0 Å². The van der Waals surface area contributed by atoms with Crippen molar-refractivity contribution >= 4 is 33.4 Å². The molecule has 0 fully saturated rings. The van der Waals surface area contributed by atoms with Crippen molar-refractivity contribution in [3.63, 3.8) is 0 Å². The number of hydrogen-bond acceptors (Lipinski definition) is 6. The van der Waals surface area contributed by atoms with Crippen LogP contribution in [0.5, 0.6) is 11.5 Å². The van der Waals surface area contributed by atoms with Gasteiger partial charge in [-0.15, -0.1) is 0 Å². The second kappa shape index (κ2) is 9.08. The highest BCUT2D eigenvalue weighted by Crippen LogP contribution is 2.34. The van der Waals surface area contributed by atoms with Crippen LogP contribution in [0.1, 0.15) is 5.56 Å². The number of amides is 1. The van der Waals surface area contributed by atoms with Gasteiger partial charge in [0.2, 0.25) is 10.0 Å². The lowest BCUT2D eigenvalue weighted by atomic mass is 10.1. The fraction of sp³-hybridized carbons (Fsp3) is 0.143. The van der Waals surface area contributed by atoms with Crippen molar-refractivity contribution in [3.05, 3.63) is 66.3 Å². The molecule has 0 saturated carbocycles. The summed E-state index contributed by atoms with van der Waals surface area (Å²) in [5.74, 6) is -0.451. The number of halogens is 3. The third kappa shape index (κ3) is 5.23. The molecule has 33 heavy (non-hydrogen) atoms. The van der Waals surface area contributed by atoms with Gasteiger partial charge < -0.3 is 9.47 Å². The van der Waals surface area contributed by atoms with Gasteiger partial charge in [-0.1, -0.05) is 18.7 Å². The SMILES string of the molecule is C=CCOc1ccc(/C=C2\C(=O)N(c3ccc(S(N)(=O)=O)cc3)N=C2C(F)(F)F)cc1OC. The van der Waals surface area contributed by atoms with Gasteiger partial charge in [-0.3, -0.25) is 4.79 Å². The van der Waals surface area contributed by atoms with Crippen LogP contribution in [0.3, 0.4) is 0 Å². The largest absolute Gasteiger partial charge is 0.493 e. The van der Waals surface area contributed by atoms with Crippen LogP contribution in [0.15, 0.2) is 70.7 Å². The minimum Gasteiger partial charge on any atom is -0.493 e. The number of sulfonamides is 1. The summed E-state index contributed by atoms with van der Waals surface area (Å²) in [5.41, 5.74) is -1.92. The summed E-state index contributed by atoms with van der Waals surface area (Å²) in [6.07, 6.45) is -2.37. The Bertz CT molecular complexity index is 1250. The quantitative estimate of drug-likeness (QED) is 0.482. The van der Waals surface area contributed by atoms with Gasteiger partial charge in [0.1, 0.15) is 6.61 Å². The van der Waals surface area contributed by atoms with Crippen molar-refractivity contribution in [2.75, 3.05) is 18.7 Å². The summed E-state index contributed by atoms with van der Waals surface area (Å²) in [5, 5.41) is 9.00. The average Bonchev–Trinajstić information content (AvgIpc) is 3.08. The Labute approximate surface area is 187 Å². The van der Waals surface area contributed by atoms with E-state index in [1.54, 1.807) is 0 Å². The summed E-state index contributed by atoms with van der Waals surface area (Å²) in [7, 11) is -2.65. The highest BCUT2D eigenvalue weighted by atomic mass is 32.2. The lowest BCUT2D eigenvalue weighted by Gasteiger charge is -2.12. The normalized spacial score (nSPS) is 15.5. The van der Waals surface area contributed by atoms with Gasteiger partial charge in [-0.05, 0) is 48.0 Å². The van der Waals surface area contributed by atoms with Crippen molar-refractivity contribution in [2.45, 2.75) is 11.1 Å². The fourth-order valence-electron chi connectivity index (χ4n) is 2.91. The number of hydrogen-bond donors (Lipinski definition) is 1. The molecule has 174 valence electrons. The lowest BCUT2D eigenvalue weighted by Crippen LogP contribution is -2.25. The third-order valence-electron chi connectivity index (χ3n) is 4.41. The molecule has 2 aromatic carbocycles. The van der Waals surface area contributed by atoms with Gasteiger partial charge >= 0.3 is 6.18 Å². The maximum absolute atomic E-state index is 13.6. The van der Waals surface area contributed by atoms with Gasteiger partial charge in [-0.25, -0.2) is 13.6 Å². The van der Waals surface area contributed by atoms with Gasteiger partial charge in [0.15, 0.2) is 17.2 Å². The highest BCUT2D eigenvalue weighted by molar-refractivity contribution is 7.89. The molecular formula is C21H18F3N3O5S. The Kier molecular flexibility index (Phi) is 6.60. The molecule has 0 saturated heterocycles. The Balaban J connectivity index is 2.02. The number of methoxy groups -OCH3 is 1. The Morgan fingerprint density at radius 1 is 1.15 bits per heavy atom. The molecule has 0 radical (unpaired) electrons. The van der Waals surface area contributed by atoms with Crippen molar-refractivity contribution in [2.24, 2.45) is 10.2 Å². The first kappa shape index (κ1) is 24.0. The van der Waals surface area contributed by atoms with Crippen LogP contribution in [0, 0.1) is 0 Å². The van der Waals surface area contributed by atoms with E-state index >= 15 is 0 Å². The molecule has 0 aromatic heterocycles. The monoisotopic (exact) mass is 481 g/mol. The first-order valence-corrected chi connectivity index (χ1v) is 10.8. The number of carbonyl (C=O) groups excluding carboxylic acids is 1. The molecular weight excluding hydrogens is 463 g/mol. The number of anilines is 1.